The standard InChI is InChI=1S/C6H12N6O4S2/c7-3(8)17-11(5(13)14)1-2-12(6(15)16)18-4(9)10/h1-2H2,(H3,7,8)(H3,9,10)(H,13,14)(H,15,16). The molecule has 0 spiro atoms. The van der Waals surface area contributed by atoms with Gasteiger partial charge in [-0.2, -0.15) is 0 Å². The number of nitrogens with two attached hydrogens (primary N) is 2. The Labute approximate surface area is 111 Å². The Hall–Kier alpha value is -1.82. The highest BCUT2D eigenvalue weighted by molar-refractivity contribution is 8.12. The van der Waals surface area contributed by atoms with Crippen molar-refractivity contribution in [3.63, 3.8) is 0 Å². The number of hydrogen-bond acceptors (Lipinski definition) is 6. The molecule has 0 aliphatic carbocycles. The third kappa shape index (κ3) is 6.70. The molecule has 0 saturated carbocycles. The molecule has 0 rings (SSSR count). The number of nitrogens with zero attached hydrogens (tertiary/aromatic N) is 2. The van der Waals surface area contributed by atoms with E-state index >= 15 is 0 Å². The summed E-state index contributed by atoms with van der Waals surface area (Å²) in [7, 11) is 0. The predicted molar refractivity (Wildman–Crippen MR) is 68.5 cm³/mol. The Kier molecular flexibility index (Phi) is 6.74. The minimum absolute atomic E-state index is 0.216. The van der Waals surface area contributed by atoms with Gasteiger partial charge in [-0.15, -0.1) is 0 Å². The fourth-order valence-electron chi connectivity index (χ4n) is 0.780. The molecule has 102 valence electrons. The van der Waals surface area contributed by atoms with Crippen molar-refractivity contribution in [3.8, 4) is 0 Å². The lowest BCUT2D eigenvalue weighted by Crippen LogP contribution is -2.36. The van der Waals surface area contributed by atoms with Gasteiger partial charge in [-0.1, -0.05) is 0 Å². The maximum Gasteiger partial charge on any atom is 0.417 e. The van der Waals surface area contributed by atoms with Crippen molar-refractivity contribution in [1.82, 2.24) is 8.61 Å². The van der Waals surface area contributed by atoms with Crippen LogP contribution in [-0.4, -0.2) is 54.4 Å². The summed E-state index contributed by atoms with van der Waals surface area (Å²) < 4.78 is 1.41. The van der Waals surface area contributed by atoms with Gasteiger partial charge in [0, 0.05) is 23.9 Å². The zero-order valence-electron chi connectivity index (χ0n) is 8.99. The zero-order valence-corrected chi connectivity index (χ0v) is 10.6. The fourth-order valence-corrected chi connectivity index (χ4v) is 1.76. The van der Waals surface area contributed by atoms with Crippen LogP contribution in [0.4, 0.5) is 9.59 Å². The number of hydrogen-bond donors (Lipinski definition) is 6. The quantitative estimate of drug-likeness (QED) is 0.239. The van der Waals surface area contributed by atoms with E-state index in [0.717, 1.165) is 0 Å². The highest BCUT2D eigenvalue weighted by Gasteiger charge is 2.19. The van der Waals surface area contributed by atoms with E-state index in [9.17, 15) is 9.59 Å². The molecule has 2 amide bonds. The Bertz CT molecular complexity index is 330. The van der Waals surface area contributed by atoms with Crippen molar-refractivity contribution in [2.24, 2.45) is 11.5 Å². The van der Waals surface area contributed by atoms with Crippen molar-refractivity contribution in [2.75, 3.05) is 13.1 Å². The maximum atomic E-state index is 10.8. The molecule has 0 radical (unpaired) electrons. The highest BCUT2D eigenvalue weighted by Crippen LogP contribution is 2.13. The Balaban J connectivity index is 4.45. The smallest absolute Gasteiger partial charge is 0.417 e. The van der Waals surface area contributed by atoms with Gasteiger partial charge in [0.25, 0.3) is 0 Å². The number of amides is 2. The minimum Gasteiger partial charge on any atom is -0.464 e. The van der Waals surface area contributed by atoms with Crippen LogP contribution in [0.1, 0.15) is 0 Å². The number of carbonyl (C=O) groups is 2. The van der Waals surface area contributed by atoms with Crippen molar-refractivity contribution in [3.05, 3.63) is 0 Å². The summed E-state index contributed by atoms with van der Waals surface area (Å²) >= 11 is 0.923. The number of carboxylic acid groups (broad SMARTS) is 2. The molecule has 0 bridgehead atoms. The molecule has 10 nitrogen and oxygen atoms in total. The van der Waals surface area contributed by atoms with Crippen LogP contribution in [0.3, 0.4) is 0 Å². The van der Waals surface area contributed by atoms with E-state index in [2.05, 4.69) is 0 Å². The van der Waals surface area contributed by atoms with E-state index in [1.807, 2.05) is 0 Å². The first kappa shape index (κ1) is 16.2. The van der Waals surface area contributed by atoms with Gasteiger partial charge >= 0.3 is 12.2 Å². The van der Waals surface area contributed by atoms with Crippen LogP contribution in [0.2, 0.25) is 0 Å². The summed E-state index contributed by atoms with van der Waals surface area (Å²) in [6.45, 7) is -0.432. The van der Waals surface area contributed by atoms with E-state index in [0.29, 0.717) is 32.5 Å². The Morgan fingerprint density at radius 2 is 1.22 bits per heavy atom. The summed E-state index contributed by atoms with van der Waals surface area (Å²) in [6, 6.07) is 0. The fraction of sp³-hybridized carbons (Fsp3) is 0.333. The topological polar surface area (TPSA) is 181 Å². The predicted octanol–water partition coefficient (Wildman–Crippen LogP) is 0.0297. The molecule has 0 fully saturated rings. The number of amidine groups is 2. The lowest BCUT2D eigenvalue weighted by molar-refractivity contribution is 0.164. The molecular formula is C6H12N6O4S2. The van der Waals surface area contributed by atoms with Gasteiger partial charge in [-0.3, -0.25) is 10.8 Å². The molecule has 0 aliphatic heterocycles. The lowest BCUT2D eigenvalue weighted by Gasteiger charge is -2.21. The van der Waals surface area contributed by atoms with E-state index in [1.165, 1.54) is 0 Å². The first-order chi connectivity index (χ1) is 8.23. The molecule has 0 atom stereocenters. The first-order valence-electron chi connectivity index (χ1n) is 4.29. The molecule has 0 aromatic rings. The normalized spacial score (nSPS) is 9.56. The molecule has 0 aromatic carbocycles. The molecule has 0 heterocycles. The van der Waals surface area contributed by atoms with Gasteiger partial charge in [-0.05, 0) is 0 Å². The number of nitrogens with one attached hydrogen (secondary N) is 2. The molecule has 0 aromatic heterocycles. The Morgan fingerprint density at radius 3 is 1.39 bits per heavy atom. The highest BCUT2D eigenvalue weighted by atomic mass is 32.2. The van der Waals surface area contributed by atoms with Gasteiger partial charge in [0.2, 0.25) is 0 Å². The molecule has 8 N–H and O–H groups in total. The SMILES string of the molecule is N=C(N)SN(CCN(SC(=N)N)C(=O)O)C(=O)O. The van der Waals surface area contributed by atoms with E-state index in [4.69, 9.17) is 32.5 Å². The maximum absolute atomic E-state index is 10.8. The van der Waals surface area contributed by atoms with Crippen LogP contribution in [0, 0.1) is 10.8 Å². The monoisotopic (exact) mass is 296 g/mol. The van der Waals surface area contributed by atoms with Crippen molar-refractivity contribution in [1.29, 1.82) is 10.8 Å². The van der Waals surface area contributed by atoms with Gasteiger partial charge in [0.05, 0.1) is 13.1 Å². The summed E-state index contributed by atoms with van der Waals surface area (Å²) in [4.78, 5) is 21.5. The second kappa shape index (κ2) is 7.50. The summed E-state index contributed by atoms with van der Waals surface area (Å²) in [5.41, 5.74) is 10.1. The summed E-state index contributed by atoms with van der Waals surface area (Å²) in [6.07, 6.45) is -2.71. The molecule has 0 unspecified atom stereocenters. The third-order valence-electron chi connectivity index (χ3n) is 1.35. The molecule has 0 aliphatic rings. The third-order valence-corrected chi connectivity index (χ3v) is 2.86. The molecular weight excluding hydrogens is 284 g/mol. The minimum atomic E-state index is -1.35. The summed E-state index contributed by atoms with van der Waals surface area (Å²) in [5.74, 6) is 0. The van der Waals surface area contributed by atoms with E-state index in [1.54, 1.807) is 0 Å². The van der Waals surface area contributed by atoms with Gasteiger partial charge in [-0.25, -0.2) is 18.2 Å². The van der Waals surface area contributed by atoms with Gasteiger partial charge < -0.3 is 21.7 Å². The van der Waals surface area contributed by atoms with Crippen LogP contribution in [0.5, 0.6) is 0 Å². The lowest BCUT2D eigenvalue weighted by atomic mass is 10.6. The van der Waals surface area contributed by atoms with Crippen LogP contribution in [0.15, 0.2) is 0 Å². The largest absolute Gasteiger partial charge is 0.464 e. The van der Waals surface area contributed by atoms with Crippen LogP contribution >= 0.6 is 23.9 Å². The van der Waals surface area contributed by atoms with E-state index < -0.39 is 22.5 Å². The molecule has 12 heteroatoms. The zero-order chi connectivity index (χ0) is 14.3. The second-order valence-electron chi connectivity index (χ2n) is 2.68. The average molecular weight is 296 g/mol. The second-order valence-corrected chi connectivity index (χ2v) is 4.81. The van der Waals surface area contributed by atoms with Crippen molar-refractivity contribution < 1.29 is 19.8 Å². The van der Waals surface area contributed by atoms with Crippen molar-refractivity contribution in [2.45, 2.75) is 0 Å². The van der Waals surface area contributed by atoms with E-state index in [-0.39, 0.29) is 13.1 Å². The Morgan fingerprint density at radius 1 is 0.944 bits per heavy atom. The summed E-state index contributed by atoms with van der Waals surface area (Å²) in [5, 5.41) is 30.6. The van der Waals surface area contributed by atoms with Gasteiger partial charge in [0.1, 0.15) is 0 Å². The van der Waals surface area contributed by atoms with Gasteiger partial charge in [0.15, 0.2) is 10.3 Å². The first-order valence-corrected chi connectivity index (χ1v) is 5.83. The number of rotatable bonds is 3. The van der Waals surface area contributed by atoms with Crippen LogP contribution in [0.25, 0.3) is 0 Å². The molecule has 0 saturated heterocycles. The molecule has 18 heavy (non-hydrogen) atoms. The van der Waals surface area contributed by atoms with Crippen molar-refractivity contribution >= 4 is 46.4 Å². The average Bonchev–Trinajstić information content (AvgIpc) is 2.20. The van der Waals surface area contributed by atoms with Crippen LogP contribution < -0.4 is 11.5 Å². The van der Waals surface area contributed by atoms with Crippen LogP contribution in [-0.2, 0) is 0 Å².